The molecule has 1 atom stereocenters. The third-order valence-electron chi connectivity index (χ3n) is 4.30. The molecule has 0 saturated carbocycles. The topological polar surface area (TPSA) is 27.0 Å². The molecule has 3 aromatic carbocycles. The average Bonchev–Trinajstić information content (AvgIpc) is 2.65. The van der Waals surface area contributed by atoms with Crippen LogP contribution in [0.5, 0.6) is 0 Å². The van der Waals surface area contributed by atoms with Crippen molar-refractivity contribution < 1.29 is 4.39 Å². The molecule has 3 aromatic rings. The molecule has 0 aliphatic heterocycles. The first kappa shape index (κ1) is 16.9. The Kier molecular flexibility index (Phi) is 5.23. The fraction of sp³-hybridized carbons (Fsp3) is 0.136. The minimum atomic E-state index is -0.243. The summed E-state index contributed by atoms with van der Waals surface area (Å²) in [7, 11) is 2.02. The van der Waals surface area contributed by atoms with Gasteiger partial charge >= 0.3 is 0 Å². The van der Waals surface area contributed by atoms with E-state index in [1.807, 2.05) is 61.6 Å². The maximum absolute atomic E-state index is 13.3. The van der Waals surface area contributed by atoms with E-state index in [2.05, 4.69) is 23.1 Å². The lowest BCUT2D eigenvalue weighted by atomic mass is 9.96. The van der Waals surface area contributed by atoms with Gasteiger partial charge in [-0.1, -0.05) is 60.7 Å². The summed E-state index contributed by atoms with van der Waals surface area (Å²) in [4.78, 5) is 2.18. The van der Waals surface area contributed by atoms with Crippen LogP contribution in [0.3, 0.4) is 0 Å². The Balaban J connectivity index is 1.97. The van der Waals surface area contributed by atoms with Crippen LogP contribution in [0.1, 0.15) is 28.3 Å². The smallest absolute Gasteiger partial charge is 0.123 e. The van der Waals surface area contributed by atoms with Crippen LogP contribution in [-0.2, 0) is 6.54 Å². The summed E-state index contributed by atoms with van der Waals surface area (Å²) in [6.45, 7) is 0.626. The quantitative estimate of drug-likeness (QED) is 0.664. The minimum absolute atomic E-state index is 0.0199. The Morgan fingerprint density at radius 1 is 0.880 bits per heavy atom. The maximum atomic E-state index is 13.3. The van der Waals surface area contributed by atoms with Gasteiger partial charge in [0.2, 0.25) is 0 Å². The summed E-state index contributed by atoms with van der Waals surface area (Å²) in [5.41, 5.74) is 3.81. The third-order valence-corrected chi connectivity index (χ3v) is 4.30. The molecule has 0 heterocycles. The molecule has 0 aliphatic carbocycles. The van der Waals surface area contributed by atoms with Gasteiger partial charge in [0.15, 0.2) is 0 Å². The van der Waals surface area contributed by atoms with E-state index in [0.717, 1.165) is 16.7 Å². The molecule has 0 spiro atoms. The van der Waals surface area contributed by atoms with Crippen LogP contribution < -0.4 is 0 Å². The lowest BCUT2D eigenvalue weighted by Gasteiger charge is -2.29. The molecule has 0 aliphatic rings. The first-order valence-corrected chi connectivity index (χ1v) is 8.17. The van der Waals surface area contributed by atoms with Crippen LogP contribution in [0, 0.1) is 17.1 Å². The van der Waals surface area contributed by atoms with Gasteiger partial charge in [0, 0.05) is 6.54 Å². The average molecular weight is 330 g/mol. The van der Waals surface area contributed by atoms with Crippen molar-refractivity contribution in [1.82, 2.24) is 4.90 Å². The van der Waals surface area contributed by atoms with Gasteiger partial charge < -0.3 is 0 Å². The molecule has 0 N–H and O–H groups in total. The molecule has 0 bridgehead atoms. The van der Waals surface area contributed by atoms with Crippen molar-refractivity contribution in [2.24, 2.45) is 0 Å². The third kappa shape index (κ3) is 3.93. The zero-order valence-corrected chi connectivity index (χ0v) is 14.1. The van der Waals surface area contributed by atoms with E-state index in [1.165, 1.54) is 12.1 Å². The monoisotopic (exact) mass is 330 g/mol. The fourth-order valence-electron chi connectivity index (χ4n) is 3.11. The number of benzene rings is 3. The van der Waals surface area contributed by atoms with E-state index in [0.29, 0.717) is 12.1 Å². The summed E-state index contributed by atoms with van der Waals surface area (Å²) in [6.07, 6.45) is 0. The van der Waals surface area contributed by atoms with Crippen molar-refractivity contribution in [2.45, 2.75) is 12.6 Å². The number of halogens is 1. The van der Waals surface area contributed by atoms with Gasteiger partial charge in [0.05, 0.1) is 17.7 Å². The summed E-state index contributed by atoms with van der Waals surface area (Å²) < 4.78 is 13.3. The van der Waals surface area contributed by atoms with Crippen molar-refractivity contribution >= 4 is 0 Å². The summed E-state index contributed by atoms with van der Waals surface area (Å²) in [5, 5.41) is 9.32. The summed E-state index contributed by atoms with van der Waals surface area (Å²) in [6, 6.07) is 26.6. The highest BCUT2D eigenvalue weighted by atomic mass is 19.1. The van der Waals surface area contributed by atoms with Gasteiger partial charge in [-0.15, -0.1) is 0 Å². The molecule has 3 rings (SSSR count). The van der Waals surface area contributed by atoms with E-state index >= 15 is 0 Å². The summed E-state index contributed by atoms with van der Waals surface area (Å²) >= 11 is 0. The Morgan fingerprint density at radius 3 is 2.16 bits per heavy atom. The van der Waals surface area contributed by atoms with Gasteiger partial charge in [-0.25, -0.2) is 4.39 Å². The zero-order valence-electron chi connectivity index (χ0n) is 14.1. The second kappa shape index (κ2) is 7.74. The predicted molar refractivity (Wildman–Crippen MR) is 97.3 cm³/mol. The van der Waals surface area contributed by atoms with Crippen molar-refractivity contribution in [2.75, 3.05) is 7.05 Å². The molecule has 0 radical (unpaired) electrons. The van der Waals surface area contributed by atoms with Gasteiger partial charge in [-0.05, 0) is 41.9 Å². The van der Waals surface area contributed by atoms with Crippen LogP contribution in [0.2, 0.25) is 0 Å². The van der Waals surface area contributed by atoms with Gasteiger partial charge in [-0.2, -0.15) is 5.26 Å². The first-order valence-electron chi connectivity index (χ1n) is 8.17. The highest BCUT2D eigenvalue weighted by Crippen LogP contribution is 2.29. The maximum Gasteiger partial charge on any atom is 0.123 e. The van der Waals surface area contributed by atoms with Gasteiger partial charge in [0.1, 0.15) is 5.82 Å². The van der Waals surface area contributed by atoms with Gasteiger partial charge in [0.25, 0.3) is 0 Å². The Bertz CT molecular complexity index is 867. The van der Waals surface area contributed by atoms with Crippen molar-refractivity contribution in [3.63, 3.8) is 0 Å². The van der Waals surface area contributed by atoms with Crippen LogP contribution in [0.15, 0.2) is 78.9 Å². The molecule has 0 fully saturated rings. The number of rotatable bonds is 5. The minimum Gasteiger partial charge on any atom is -0.291 e. The molecule has 0 aromatic heterocycles. The van der Waals surface area contributed by atoms with Crippen molar-refractivity contribution in [3.05, 3.63) is 107 Å². The van der Waals surface area contributed by atoms with E-state index in [9.17, 15) is 9.65 Å². The highest BCUT2D eigenvalue weighted by molar-refractivity contribution is 5.38. The Labute approximate surface area is 147 Å². The van der Waals surface area contributed by atoms with Crippen molar-refractivity contribution in [3.8, 4) is 6.07 Å². The molecular formula is C22H19FN2. The lowest BCUT2D eigenvalue weighted by molar-refractivity contribution is 0.270. The molecule has 2 nitrogen and oxygen atoms in total. The van der Waals surface area contributed by atoms with Gasteiger partial charge in [-0.3, -0.25) is 4.90 Å². The Morgan fingerprint density at radius 2 is 1.48 bits per heavy atom. The number of hydrogen-bond acceptors (Lipinski definition) is 2. The molecule has 1 unspecified atom stereocenters. The molecule has 25 heavy (non-hydrogen) atoms. The summed E-state index contributed by atoms with van der Waals surface area (Å²) in [5.74, 6) is -0.243. The lowest BCUT2D eigenvalue weighted by Crippen LogP contribution is -2.25. The largest absolute Gasteiger partial charge is 0.291 e. The van der Waals surface area contributed by atoms with E-state index in [1.54, 1.807) is 0 Å². The second-order valence-corrected chi connectivity index (χ2v) is 6.05. The van der Waals surface area contributed by atoms with E-state index in [4.69, 9.17) is 0 Å². The zero-order chi connectivity index (χ0) is 17.6. The molecular weight excluding hydrogens is 311 g/mol. The highest BCUT2D eigenvalue weighted by Gasteiger charge is 2.20. The Hall–Kier alpha value is -2.96. The van der Waals surface area contributed by atoms with Crippen LogP contribution >= 0.6 is 0 Å². The SMILES string of the molecule is CN(Cc1ccccc1C#N)C(c1ccccc1)c1ccc(F)cc1. The second-order valence-electron chi connectivity index (χ2n) is 6.05. The van der Waals surface area contributed by atoms with E-state index < -0.39 is 0 Å². The normalized spacial score (nSPS) is 11.9. The molecule has 3 heteroatoms. The molecule has 124 valence electrons. The number of hydrogen-bond donors (Lipinski definition) is 0. The van der Waals surface area contributed by atoms with Crippen LogP contribution in [-0.4, -0.2) is 11.9 Å². The number of nitriles is 1. The van der Waals surface area contributed by atoms with Crippen LogP contribution in [0.4, 0.5) is 4.39 Å². The van der Waals surface area contributed by atoms with Crippen molar-refractivity contribution in [1.29, 1.82) is 5.26 Å². The molecule has 0 saturated heterocycles. The van der Waals surface area contributed by atoms with Crippen LogP contribution in [0.25, 0.3) is 0 Å². The standard InChI is InChI=1S/C22H19FN2/c1-25(16-20-10-6-5-9-19(20)15-24)22(17-7-3-2-4-8-17)18-11-13-21(23)14-12-18/h2-14,22H,16H2,1H3. The fourth-order valence-corrected chi connectivity index (χ4v) is 3.11. The number of nitrogens with zero attached hydrogens (tertiary/aromatic N) is 2. The van der Waals surface area contributed by atoms with E-state index in [-0.39, 0.29) is 11.9 Å². The first-order chi connectivity index (χ1) is 12.2. The predicted octanol–water partition coefficient (Wildman–Crippen LogP) is 4.92. The molecule has 0 amide bonds.